The van der Waals surface area contributed by atoms with Gasteiger partial charge >= 0.3 is 0 Å². The summed E-state index contributed by atoms with van der Waals surface area (Å²) in [6, 6.07) is 2.19. The smallest absolute Gasteiger partial charge is 0.0333 e. The molecule has 0 saturated carbocycles. The summed E-state index contributed by atoms with van der Waals surface area (Å²) in [6.45, 7) is 8.77. The predicted molar refractivity (Wildman–Crippen MR) is 68.5 cm³/mol. The van der Waals surface area contributed by atoms with Gasteiger partial charge in [-0.1, -0.05) is 0 Å². The largest absolute Gasteiger partial charge is 0.318 e. The van der Waals surface area contributed by atoms with Crippen LogP contribution in [0.4, 0.5) is 0 Å². The number of rotatable bonds is 5. The van der Waals surface area contributed by atoms with E-state index in [0.29, 0.717) is 0 Å². The highest BCUT2D eigenvalue weighted by Crippen LogP contribution is 2.21. The Balaban J connectivity index is 2.63. The van der Waals surface area contributed by atoms with Crippen LogP contribution in [-0.4, -0.2) is 31.1 Å². The van der Waals surface area contributed by atoms with Crippen LogP contribution in [-0.2, 0) is 6.54 Å². The first-order valence-corrected chi connectivity index (χ1v) is 6.24. The zero-order valence-electron chi connectivity index (χ0n) is 10.4. The van der Waals surface area contributed by atoms with E-state index < -0.39 is 0 Å². The lowest BCUT2D eigenvalue weighted by atomic mass is 10.0. The van der Waals surface area contributed by atoms with Gasteiger partial charge in [0.1, 0.15) is 0 Å². The van der Waals surface area contributed by atoms with E-state index in [1.54, 1.807) is 0 Å². The number of thiophene rings is 1. The summed E-state index contributed by atoms with van der Waals surface area (Å²) in [6.07, 6.45) is 0. The molecule has 0 amide bonds. The summed E-state index contributed by atoms with van der Waals surface area (Å²) in [4.78, 5) is 3.88. The molecular weight excluding hydrogens is 204 g/mol. The predicted octanol–water partition coefficient (Wildman–Crippen LogP) is 2.49. The third-order valence-corrected chi connectivity index (χ3v) is 4.00. The molecule has 0 atom stereocenters. The number of nitrogens with one attached hydrogen (secondary N) is 1. The van der Waals surface area contributed by atoms with Gasteiger partial charge in [-0.2, -0.15) is 0 Å². The standard InChI is InChI=1S/C12H22N2S/c1-10-6-7-15-11(10)8-14(5)12(2,3)9-13-4/h6-7,13H,8-9H2,1-5H3. The molecule has 15 heavy (non-hydrogen) atoms. The molecular formula is C12H22N2S. The van der Waals surface area contributed by atoms with Gasteiger partial charge in [-0.15, -0.1) is 11.3 Å². The van der Waals surface area contributed by atoms with Gasteiger partial charge in [0.25, 0.3) is 0 Å². The molecule has 0 fully saturated rings. The number of aryl methyl sites for hydroxylation is 1. The zero-order valence-corrected chi connectivity index (χ0v) is 11.2. The van der Waals surface area contributed by atoms with Crippen molar-refractivity contribution in [2.24, 2.45) is 0 Å². The lowest BCUT2D eigenvalue weighted by molar-refractivity contribution is 0.148. The second-order valence-corrected chi connectivity index (χ2v) is 5.73. The van der Waals surface area contributed by atoms with Crippen LogP contribution in [0.3, 0.4) is 0 Å². The van der Waals surface area contributed by atoms with Crippen LogP contribution in [0.1, 0.15) is 24.3 Å². The summed E-state index contributed by atoms with van der Waals surface area (Å²) in [5, 5.41) is 5.42. The quantitative estimate of drug-likeness (QED) is 0.830. The van der Waals surface area contributed by atoms with Crippen LogP contribution in [0.25, 0.3) is 0 Å². The third kappa shape index (κ3) is 3.30. The van der Waals surface area contributed by atoms with Crippen molar-refractivity contribution in [3.05, 3.63) is 21.9 Å². The van der Waals surface area contributed by atoms with Crippen molar-refractivity contribution in [2.75, 3.05) is 20.6 Å². The van der Waals surface area contributed by atoms with Gasteiger partial charge in [-0.25, -0.2) is 0 Å². The summed E-state index contributed by atoms with van der Waals surface area (Å²) in [5.41, 5.74) is 1.61. The van der Waals surface area contributed by atoms with Crippen molar-refractivity contribution in [2.45, 2.75) is 32.9 Å². The summed E-state index contributed by atoms with van der Waals surface area (Å²) in [7, 11) is 4.20. The Labute approximate surface area is 97.3 Å². The molecule has 0 aliphatic heterocycles. The molecule has 0 aliphatic carbocycles. The Morgan fingerprint density at radius 2 is 2.13 bits per heavy atom. The lowest BCUT2D eigenvalue weighted by Crippen LogP contribution is -2.47. The molecule has 0 bridgehead atoms. The van der Waals surface area contributed by atoms with Gasteiger partial charge in [0, 0.05) is 23.5 Å². The zero-order chi connectivity index (χ0) is 11.5. The van der Waals surface area contributed by atoms with Crippen molar-refractivity contribution in [1.82, 2.24) is 10.2 Å². The summed E-state index contributed by atoms with van der Waals surface area (Å²) in [5.74, 6) is 0. The highest BCUT2D eigenvalue weighted by atomic mass is 32.1. The van der Waals surface area contributed by atoms with Gasteiger partial charge in [0.15, 0.2) is 0 Å². The van der Waals surface area contributed by atoms with E-state index in [2.05, 4.69) is 49.5 Å². The normalized spacial score (nSPS) is 12.4. The van der Waals surface area contributed by atoms with Crippen molar-refractivity contribution in [3.8, 4) is 0 Å². The molecule has 1 rings (SSSR count). The van der Waals surface area contributed by atoms with E-state index in [0.717, 1.165) is 13.1 Å². The maximum Gasteiger partial charge on any atom is 0.0333 e. The van der Waals surface area contributed by atoms with Gasteiger partial charge < -0.3 is 5.32 Å². The molecule has 1 heterocycles. The number of hydrogen-bond donors (Lipinski definition) is 1. The van der Waals surface area contributed by atoms with Crippen LogP contribution in [0, 0.1) is 6.92 Å². The average molecular weight is 226 g/mol. The molecule has 0 aliphatic rings. The van der Waals surface area contributed by atoms with E-state index in [4.69, 9.17) is 0 Å². The maximum absolute atomic E-state index is 3.24. The number of likely N-dealkylation sites (N-methyl/N-ethyl adjacent to an activating group) is 2. The highest BCUT2D eigenvalue weighted by molar-refractivity contribution is 7.10. The molecule has 2 nitrogen and oxygen atoms in total. The first-order chi connectivity index (χ1) is 6.97. The minimum atomic E-state index is 0.200. The molecule has 86 valence electrons. The van der Waals surface area contributed by atoms with E-state index >= 15 is 0 Å². The molecule has 0 unspecified atom stereocenters. The second kappa shape index (κ2) is 5.10. The van der Waals surface area contributed by atoms with Gasteiger partial charge in [0.2, 0.25) is 0 Å². The molecule has 1 N–H and O–H groups in total. The highest BCUT2D eigenvalue weighted by Gasteiger charge is 2.23. The van der Waals surface area contributed by atoms with Crippen molar-refractivity contribution < 1.29 is 0 Å². The van der Waals surface area contributed by atoms with Crippen LogP contribution in [0.2, 0.25) is 0 Å². The molecule has 3 heteroatoms. The molecule has 1 aromatic rings. The van der Waals surface area contributed by atoms with Crippen LogP contribution in [0.15, 0.2) is 11.4 Å². The fourth-order valence-electron chi connectivity index (χ4n) is 1.56. The Morgan fingerprint density at radius 3 is 2.60 bits per heavy atom. The molecule has 0 spiro atoms. The Bertz CT molecular complexity index is 304. The van der Waals surface area contributed by atoms with E-state index in [1.165, 1.54) is 10.4 Å². The third-order valence-electron chi connectivity index (χ3n) is 2.99. The molecule has 1 aromatic heterocycles. The molecule has 0 aromatic carbocycles. The minimum Gasteiger partial charge on any atom is -0.318 e. The van der Waals surface area contributed by atoms with Gasteiger partial charge in [0.05, 0.1) is 0 Å². The van der Waals surface area contributed by atoms with Crippen molar-refractivity contribution >= 4 is 11.3 Å². The van der Waals surface area contributed by atoms with Crippen LogP contribution in [0.5, 0.6) is 0 Å². The summed E-state index contributed by atoms with van der Waals surface area (Å²) >= 11 is 1.85. The first-order valence-electron chi connectivity index (χ1n) is 5.36. The topological polar surface area (TPSA) is 15.3 Å². The fraction of sp³-hybridized carbons (Fsp3) is 0.667. The van der Waals surface area contributed by atoms with E-state index in [1.807, 2.05) is 18.4 Å². The van der Waals surface area contributed by atoms with Gasteiger partial charge in [-0.05, 0) is 51.9 Å². The number of nitrogens with zero attached hydrogens (tertiary/aromatic N) is 1. The van der Waals surface area contributed by atoms with Crippen molar-refractivity contribution in [1.29, 1.82) is 0 Å². The minimum absolute atomic E-state index is 0.200. The van der Waals surface area contributed by atoms with E-state index in [-0.39, 0.29) is 5.54 Å². The Morgan fingerprint density at radius 1 is 1.47 bits per heavy atom. The molecule has 0 saturated heterocycles. The molecule has 0 radical (unpaired) electrons. The SMILES string of the molecule is CNCC(C)(C)N(C)Cc1sccc1C. The Kier molecular flexibility index (Phi) is 4.32. The fourth-order valence-corrected chi connectivity index (χ4v) is 2.52. The Hall–Kier alpha value is -0.380. The second-order valence-electron chi connectivity index (χ2n) is 4.73. The van der Waals surface area contributed by atoms with Crippen LogP contribution >= 0.6 is 11.3 Å². The van der Waals surface area contributed by atoms with Crippen molar-refractivity contribution in [3.63, 3.8) is 0 Å². The van der Waals surface area contributed by atoms with E-state index in [9.17, 15) is 0 Å². The number of hydrogen-bond acceptors (Lipinski definition) is 3. The maximum atomic E-state index is 3.24. The van der Waals surface area contributed by atoms with Crippen LogP contribution < -0.4 is 5.32 Å². The average Bonchev–Trinajstić information content (AvgIpc) is 2.52. The monoisotopic (exact) mass is 226 g/mol. The summed E-state index contributed by atoms with van der Waals surface area (Å²) < 4.78 is 0. The van der Waals surface area contributed by atoms with Gasteiger partial charge in [-0.3, -0.25) is 4.90 Å². The first kappa shape index (κ1) is 12.7. The lowest BCUT2D eigenvalue weighted by Gasteiger charge is -2.35.